The van der Waals surface area contributed by atoms with Crippen LogP contribution in [0.4, 0.5) is 5.69 Å². The van der Waals surface area contributed by atoms with E-state index in [2.05, 4.69) is 5.32 Å². The van der Waals surface area contributed by atoms with Crippen molar-refractivity contribution in [3.63, 3.8) is 0 Å². The van der Waals surface area contributed by atoms with Gasteiger partial charge in [0.05, 0.1) is 18.0 Å². The summed E-state index contributed by atoms with van der Waals surface area (Å²) in [5, 5.41) is 2.76. The summed E-state index contributed by atoms with van der Waals surface area (Å²) in [6.07, 6.45) is 1.04. The monoisotopic (exact) mass is 390 g/mol. The molecule has 146 valence electrons. The van der Waals surface area contributed by atoms with Crippen LogP contribution in [0.5, 0.6) is 5.75 Å². The molecule has 6 nitrogen and oxygen atoms in total. The Morgan fingerprint density at radius 3 is 2.41 bits per heavy atom. The van der Waals surface area contributed by atoms with E-state index in [-0.39, 0.29) is 18.6 Å². The molecule has 0 heterocycles. The molecular formula is C20H26N2O4S. The number of aryl methyl sites for hydroxylation is 1. The van der Waals surface area contributed by atoms with Crippen molar-refractivity contribution in [3.8, 4) is 5.75 Å². The quantitative estimate of drug-likeness (QED) is 0.752. The van der Waals surface area contributed by atoms with E-state index in [0.29, 0.717) is 18.0 Å². The normalized spacial score (nSPS) is 11.3. The lowest BCUT2D eigenvalue weighted by Crippen LogP contribution is -2.40. The third kappa shape index (κ3) is 6.60. The summed E-state index contributed by atoms with van der Waals surface area (Å²) >= 11 is 0. The van der Waals surface area contributed by atoms with Crippen molar-refractivity contribution in [1.82, 2.24) is 5.32 Å². The van der Waals surface area contributed by atoms with E-state index in [0.717, 1.165) is 21.7 Å². The fourth-order valence-corrected chi connectivity index (χ4v) is 3.33. The van der Waals surface area contributed by atoms with Crippen LogP contribution in [0.1, 0.15) is 25.0 Å². The van der Waals surface area contributed by atoms with Gasteiger partial charge in [0.15, 0.2) is 0 Å². The molecule has 27 heavy (non-hydrogen) atoms. The predicted octanol–water partition coefficient (Wildman–Crippen LogP) is 2.86. The first-order valence-electron chi connectivity index (χ1n) is 8.72. The zero-order chi connectivity index (χ0) is 20.0. The van der Waals surface area contributed by atoms with E-state index in [1.54, 1.807) is 24.3 Å². The molecular weight excluding hydrogens is 364 g/mol. The van der Waals surface area contributed by atoms with E-state index in [9.17, 15) is 13.2 Å². The van der Waals surface area contributed by atoms with Crippen molar-refractivity contribution in [2.24, 2.45) is 0 Å². The second-order valence-corrected chi connectivity index (χ2v) is 8.60. The molecule has 7 heteroatoms. The molecule has 0 bridgehead atoms. The van der Waals surface area contributed by atoms with Crippen molar-refractivity contribution in [2.75, 3.05) is 17.1 Å². The largest absolute Gasteiger partial charge is 0.491 e. The molecule has 0 atom stereocenters. The van der Waals surface area contributed by atoms with Gasteiger partial charge in [-0.1, -0.05) is 35.9 Å². The number of sulfonamides is 1. The van der Waals surface area contributed by atoms with Gasteiger partial charge < -0.3 is 10.1 Å². The van der Waals surface area contributed by atoms with Gasteiger partial charge in [-0.25, -0.2) is 8.42 Å². The molecule has 0 radical (unpaired) electrons. The molecule has 0 aliphatic carbocycles. The lowest BCUT2D eigenvalue weighted by atomic mass is 10.1. The summed E-state index contributed by atoms with van der Waals surface area (Å²) in [5.41, 5.74) is 2.48. The van der Waals surface area contributed by atoms with Crippen LogP contribution >= 0.6 is 0 Å². The molecule has 2 rings (SSSR count). The minimum absolute atomic E-state index is 0.0373. The van der Waals surface area contributed by atoms with Crippen LogP contribution in [0.15, 0.2) is 48.5 Å². The number of hydrogen-bond donors (Lipinski definition) is 1. The highest BCUT2D eigenvalue weighted by Gasteiger charge is 2.21. The number of benzene rings is 2. The topological polar surface area (TPSA) is 75.7 Å². The number of nitrogens with one attached hydrogen (secondary N) is 1. The lowest BCUT2D eigenvalue weighted by molar-refractivity contribution is -0.119. The molecule has 0 aromatic heterocycles. The summed E-state index contributed by atoms with van der Waals surface area (Å²) in [6, 6.07) is 14.5. The number of carbonyl (C=O) groups is 1. The molecule has 1 N–H and O–H groups in total. The van der Waals surface area contributed by atoms with Crippen LogP contribution in [-0.2, 0) is 21.4 Å². The number of anilines is 1. The predicted molar refractivity (Wildman–Crippen MR) is 107 cm³/mol. The van der Waals surface area contributed by atoms with Gasteiger partial charge in [0, 0.05) is 12.6 Å². The van der Waals surface area contributed by atoms with Gasteiger partial charge in [-0.05, 0) is 38.5 Å². The maximum absolute atomic E-state index is 12.3. The summed E-state index contributed by atoms with van der Waals surface area (Å²) in [5.74, 6) is 0.174. The maximum Gasteiger partial charge on any atom is 0.241 e. The molecule has 0 aliphatic heterocycles. The molecule has 0 unspecified atom stereocenters. The molecule has 0 fully saturated rings. The first kappa shape index (κ1) is 20.8. The van der Waals surface area contributed by atoms with Crippen molar-refractivity contribution in [2.45, 2.75) is 33.4 Å². The van der Waals surface area contributed by atoms with E-state index in [1.807, 2.05) is 45.0 Å². The number of nitrogens with zero attached hydrogens (tertiary/aromatic N) is 1. The number of carbonyl (C=O) groups excluding carboxylic acids is 1. The highest BCUT2D eigenvalue weighted by molar-refractivity contribution is 7.92. The summed E-state index contributed by atoms with van der Waals surface area (Å²) in [7, 11) is -3.63. The van der Waals surface area contributed by atoms with Gasteiger partial charge in [0.25, 0.3) is 0 Å². The summed E-state index contributed by atoms with van der Waals surface area (Å²) in [6.45, 7) is 5.81. The van der Waals surface area contributed by atoms with Gasteiger partial charge >= 0.3 is 0 Å². The van der Waals surface area contributed by atoms with E-state index < -0.39 is 10.0 Å². The first-order chi connectivity index (χ1) is 12.6. The molecule has 0 spiro atoms. The lowest BCUT2D eigenvalue weighted by Gasteiger charge is -2.22. The SMILES string of the molecule is Cc1ccc(CNC(=O)CN(c2cccc(OC(C)C)c2)S(C)(=O)=O)cc1. The van der Waals surface area contributed by atoms with E-state index in [1.165, 1.54) is 0 Å². The Hall–Kier alpha value is -2.54. The van der Waals surface area contributed by atoms with Gasteiger partial charge in [-0.15, -0.1) is 0 Å². The van der Waals surface area contributed by atoms with Crippen LogP contribution < -0.4 is 14.4 Å². The molecule has 0 saturated carbocycles. The Kier molecular flexibility index (Phi) is 6.85. The Morgan fingerprint density at radius 1 is 1.15 bits per heavy atom. The van der Waals surface area contributed by atoms with Crippen LogP contribution in [-0.4, -0.2) is 33.2 Å². The smallest absolute Gasteiger partial charge is 0.241 e. The highest BCUT2D eigenvalue weighted by Crippen LogP contribution is 2.23. The molecule has 1 amide bonds. The van der Waals surface area contributed by atoms with Crippen molar-refractivity contribution in [1.29, 1.82) is 0 Å². The van der Waals surface area contributed by atoms with Gasteiger partial charge in [0.1, 0.15) is 12.3 Å². The second-order valence-electron chi connectivity index (χ2n) is 6.70. The molecule has 0 aliphatic rings. The third-order valence-corrected chi connectivity index (χ3v) is 4.92. The minimum Gasteiger partial charge on any atom is -0.491 e. The molecule has 0 saturated heterocycles. The van der Waals surface area contributed by atoms with Gasteiger partial charge in [-0.3, -0.25) is 9.10 Å². The number of amides is 1. The number of hydrogen-bond acceptors (Lipinski definition) is 4. The Balaban J connectivity index is 2.10. The Bertz CT molecular complexity index is 877. The van der Waals surface area contributed by atoms with Crippen molar-refractivity contribution >= 4 is 21.6 Å². The zero-order valence-electron chi connectivity index (χ0n) is 16.1. The first-order valence-corrected chi connectivity index (χ1v) is 10.6. The Morgan fingerprint density at radius 2 is 1.81 bits per heavy atom. The maximum atomic E-state index is 12.3. The number of ether oxygens (including phenoxy) is 1. The average molecular weight is 391 g/mol. The zero-order valence-corrected chi connectivity index (χ0v) is 16.9. The van der Waals surface area contributed by atoms with E-state index >= 15 is 0 Å². The molecule has 2 aromatic rings. The van der Waals surface area contributed by atoms with Gasteiger partial charge in [-0.2, -0.15) is 0 Å². The van der Waals surface area contributed by atoms with Crippen molar-refractivity contribution < 1.29 is 17.9 Å². The fraction of sp³-hybridized carbons (Fsp3) is 0.350. The van der Waals surface area contributed by atoms with E-state index in [4.69, 9.17) is 4.74 Å². The fourth-order valence-electron chi connectivity index (χ4n) is 2.48. The van der Waals surface area contributed by atoms with Crippen LogP contribution in [0.25, 0.3) is 0 Å². The van der Waals surface area contributed by atoms with Gasteiger partial charge in [0.2, 0.25) is 15.9 Å². The highest BCUT2D eigenvalue weighted by atomic mass is 32.2. The summed E-state index contributed by atoms with van der Waals surface area (Å²) in [4.78, 5) is 12.3. The average Bonchev–Trinajstić information content (AvgIpc) is 2.58. The Labute approximate surface area is 161 Å². The second kappa shape index (κ2) is 8.90. The standard InChI is InChI=1S/C20H26N2O4S/c1-15(2)26-19-7-5-6-18(12-19)22(27(4,24)25)14-20(23)21-13-17-10-8-16(3)9-11-17/h5-12,15H,13-14H2,1-4H3,(H,21,23). The molecule has 2 aromatic carbocycles. The van der Waals surface area contributed by atoms with Crippen LogP contribution in [0, 0.1) is 6.92 Å². The number of rotatable bonds is 8. The summed E-state index contributed by atoms with van der Waals surface area (Å²) < 4.78 is 31.1. The van der Waals surface area contributed by atoms with Crippen LogP contribution in [0.2, 0.25) is 0 Å². The third-order valence-electron chi connectivity index (χ3n) is 3.78. The van der Waals surface area contributed by atoms with Crippen LogP contribution in [0.3, 0.4) is 0 Å². The minimum atomic E-state index is -3.63. The van der Waals surface area contributed by atoms with Crippen molar-refractivity contribution in [3.05, 3.63) is 59.7 Å².